The second kappa shape index (κ2) is 9.52. The molecule has 0 spiro atoms. The number of carbonyl (C=O) groups is 1. The molecular weight excluding hydrogens is 362 g/mol. The molecule has 4 rings (SSSR count). The van der Waals surface area contributed by atoms with Crippen molar-refractivity contribution >= 4 is 5.91 Å². The third-order valence-electron chi connectivity index (χ3n) is 5.37. The largest absolute Gasteiger partial charge is 0.467 e. The van der Waals surface area contributed by atoms with Crippen LogP contribution in [-0.4, -0.2) is 33.8 Å². The molecule has 0 unspecified atom stereocenters. The van der Waals surface area contributed by atoms with E-state index in [1.807, 2.05) is 36.4 Å². The fraction of sp³-hybridized carbons (Fsp3) is 0.333. The predicted molar refractivity (Wildman–Crippen MR) is 112 cm³/mol. The van der Waals surface area contributed by atoms with Crippen molar-refractivity contribution in [2.75, 3.05) is 13.1 Å². The number of amides is 1. The fourth-order valence-electron chi connectivity index (χ4n) is 3.81. The second-order valence-corrected chi connectivity index (χ2v) is 7.64. The maximum atomic E-state index is 13.2. The SMILES string of the molecule is O=C(c1ccc(CN2CCCCC2)cc1)N(Cc1cccnc1)Cc1ccco1. The summed E-state index contributed by atoms with van der Waals surface area (Å²) in [5, 5.41) is 0. The molecule has 1 aliphatic heterocycles. The molecule has 0 radical (unpaired) electrons. The maximum Gasteiger partial charge on any atom is 0.254 e. The van der Waals surface area contributed by atoms with Crippen LogP contribution in [-0.2, 0) is 19.6 Å². The summed E-state index contributed by atoms with van der Waals surface area (Å²) in [7, 11) is 0. The summed E-state index contributed by atoms with van der Waals surface area (Å²) in [5.41, 5.74) is 2.95. The normalized spacial score (nSPS) is 14.6. The average molecular weight is 389 g/mol. The van der Waals surface area contributed by atoms with Crippen LogP contribution >= 0.6 is 0 Å². The van der Waals surface area contributed by atoms with Crippen molar-refractivity contribution in [2.24, 2.45) is 0 Å². The molecule has 150 valence electrons. The molecule has 2 aromatic heterocycles. The predicted octanol–water partition coefficient (Wildman–Crippen LogP) is 4.50. The van der Waals surface area contributed by atoms with E-state index in [9.17, 15) is 4.79 Å². The highest BCUT2D eigenvalue weighted by Gasteiger charge is 2.18. The average Bonchev–Trinajstić information content (AvgIpc) is 3.28. The lowest BCUT2D eigenvalue weighted by Gasteiger charge is -2.26. The first-order valence-corrected chi connectivity index (χ1v) is 10.3. The molecule has 0 N–H and O–H groups in total. The number of piperidine rings is 1. The highest BCUT2D eigenvalue weighted by molar-refractivity contribution is 5.94. The van der Waals surface area contributed by atoms with E-state index in [0.29, 0.717) is 18.7 Å². The molecule has 1 aliphatic rings. The molecule has 3 heterocycles. The Kier molecular flexibility index (Phi) is 6.37. The highest BCUT2D eigenvalue weighted by Crippen LogP contribution is 2.17. The number of rotatable bonds is 7. The molecule has 1 fully saturated rings. The Labute approximate surface area is 172 Å². The summed E-state index contributed by atoms with van der Waals surface area (Å²) < 4.78 is 5.48. The van der Waals surface area contributed by atoms with Gasteiger partial charge in [0.2, 0.25) is 0 Å². The molecule has 0 aliphatic carbocycles. The summed E-state index contributed by atoms with van der Waals surface area (Å²) in [5.74, 6) is 0.763. The molecule has 1 saturated heterocycles. The fourth-order valence-corrected chi connectivity index (χ4v) is 3.81. The van der Waals surface area contributed by atoms with Crippen LogP contribution in [0.2, 0.25) is 0 Å². The minimum Gasteiger partial charge on any atom is -0.467 e. The van der Waals surface area contributed by atoms with E-state index in [-0.39, 0.29) is 5.91 Å². The first-order valence-electron chi connectivity index (χ1n) is 10.3. The summed E-state index contributed by atoms with van der Waals surface area (Å²) >= 11 is 0. The lowest BCUT2D eigenvalue weighted by molar-refractivity contribution is 0.0717. The molecule has 0 atom stereocenters. The third-order valence-corrected chi connectivity index (χ3v) is 5.37. The van der Waals surface area contributed by atoms with Crippen LogP contribution < -0.4 is 0 Å². The summed E-state index contributed by atoms with van der Waals surface area (Å²) in [6.07, 6.45) is 9.08. The van der Waals surface area contributed by atoms with Crippen LogP contribution in [0.15, 0.2) is 71.6 Å². The number of carbonyl (C=O) groups excluding carboxylic acids is 1. The van der Waals surface area contributed by atoms with Gasteiger partial charge in [0.15, 0.2) is 0 Å². The standard InChI is InChI=1S/C24H27N3O2/c28-24(22-10-8-20(9-11-22)17-26-13-2-1-3-14-26)27(19-23-7-5-15-29-23)18-21-6-4-12-25-16-21/h4-12,15-16H,1-3,13-14,17-19H2. The first kappa shape index (κ1) is 19.4. The van der Waals surface area contributed by atoms with Crippen LogP contribution in [0.5, 0.6) is 0 Å². The van der Waals surface area contributed by atoms with Gasteiger partial charge in [-0.1, -0.05) is 24.6 Å². The Morgan fingerprint density at radius 1 is 0.966 bits per heavy atom. The van der Waals surface area contributed by atoms with Gasteiger partial charge in [0.05, 0.1) is 12.8 Å². The minimum atomic E-state index is -0.00484. The molecule has 29 heavy (non-hydrogen) atoms. The zero-order valence-electron chi connectivity index (χ0n) is 16.7. The van der Waals surface area contributed by atoms with Gasteiger partial charge in [0.25, 0.3) is 5.91 Å². The van der Waals surface area contributed by atoms with Gasteiger partial charge in [0.1, 0.15) is 5.76 Å². The quantitative estimate of drug-likeness (QED) is 0.597. The van der Waals surface area contributed by atoms with Crippen molar-refractivity contribution < 1.29 is 9.21 Å². The van der Waals surface area contributed by atoms with Gasteiger partial charge in [0, 0.05) is 31.0 Å². The van der Waals surface area contributed by atoms with Crippen molar-refractivity contribution in [3.05, 3.63) is 89.6 Å². The van der Waals surface area contributed by atoms with Gasteiger partial charge >= 0.3 is 0 Å². The van der Waals surface area contributed by atoms with E-state index < -0.39 is 0 Å². The Morgan fingerprint density at radius 2 is 1.79 bits per heavy atom. The molecule has 5 nitrogen and oxygen atoms in total. The van der Waals surface area contributed by atoms with Crippen LogP contribution in [0, 0.1) is 0 Å². The Bertz CT molecular complexity index is 886. The number of hydrogen-bond acceptors (Lipinski definition) is 4. The van der Waals surface area contributed by atoms with E-state index in [1.54, 1.807) is 23.6 Å². The number of furan rings is 1. The molecule has 0 bridgehead atoms. The van der Waals surface area contributed by atoms with E-state index in [4.69, 9.17) is 4.42 Å². The van der Waals surface area contributed by atoms with Crippen molar-refractivity contribution in [3.63, 3.8) is 0 Å². The molecule has 1 aromatic carbocycles. The van der Waals surface area contributed by atoms with Crippen LogP contribution in [0.1, 0.15) is 46.5 Å². The number of likely N-dealkylation sites (tertiary alicyclic amines) is 1. The topological polar surface area (TPSA) is 49.6 Å². The zero-order chi connectivity index (χ0) is 19.9. The number of nitrogens with zero attached hydrogens (tertiary/aromatic N) is 3. The van der Waals surface area contributed by atoms with Gasteiger partial charge < -0.3 is 9.32 Å². The van der Waals surface area contributed by atoms with Gasteiger partial charge in [-0.15, -0.1) is 0 Å². The van der Waals surface area contributed by atoms with Gasteiger partial charge in [-0.3, -0.25) is 14.7 Å². The van der Waals surface area contributed by atoms with Crippen molar-refractivity contribution in [1.82, 2.24) is 14.8 Å². The van der Waals surface area contributed by atoms with Gasteiger partial charge in [-0.05, 0) is 67.4 Å². The zero-order valence-corrected chi connectivity index (χ0v) is 16.7. The first-order chi connectivity index (χ1) is 14.3. The Hall–Kier alpha value is -2.92. The monoisotopic (exact) mass is 389 g/mol. The summed E-state index contributed by atoms with van der Waals surface area (Å²) in [4.78, 5) is 21.7. The van der Waals surface area contributed by atoms with Gasteiger partial charge in [-0.25, -0.2) is 0 Å². The lowest BCUT2D eigenvalue weighted by Crippen LogP contribution is -2.30. The van der Waals surface area contributed by atoms with E-state index >= 15 is 0 Å². The lowest BCUT2D eigenvalue weighted by atomic mass is 10.1. The Morgan fingerprint density at radius 3 is 2.48 bits per heavy atom. The van der Waals surface area contributed by atoms with E-state index in [0.717, 1.165) is 17.9 Å². The molecular formula is C24H27N3O2. The highest BCUT2D eigenvalue weighted by atomic mass is 16.3. The van der Waals surface area contributed by atoms with Crippen LogP contribution in [0.3, 0.4) is 0 Å². The number of benzene rings is 1. The molecule has 1 amide bonds. The second-order valence-electron chi connectivity index (χ2n) is 7.64. The van der Waals surface area contributed by atoms with Crippen LogP contribution in [0.25, 0.3) is 0 Å². The van der Waals surface area contributed by atoms with E-state index in [2.05, 4.69) is 22.0 Å². The molecule has 5 heteroatoms. The number of aromatic nitrogens is 1. The third kappa shape index (κ3) is 5.33. The van der Waals surface area contributed by atoms with Crippen LogP contribution in [0.4, 0.5) is 0 Å². The minimum absolute atomic E-state index is 0.00484. The van der Waals surface area contributed by atoms with Crippen molar-refractivity contribution in [1.29, 1.82) is 0 Å². The molecule has 3 aromatic rings. The van der Waals surface area contributed by atoms with Gasteiger partial charge in [-0.2, -0.15) is 0 Å². The summed E-state index contributed by atoms with van der Waals surface area (Å²) in [6, 6.07) is 15.7. The smallest absolute Gasteiger partial charge is 0.254 e. The van der Waals surface area contributed by atoms with Crippen molar-refractivity contribution in [2.45, 2.75) is 38.9 Å². The van der Waals surface area contributed by atoms with Crippen molar-refractivity contribution in [3.8, 4) is 0 Å². The van der Waals surface area contributed by atoms with E-state index in [1.165, 1.54) is 37.9 Å². The molecule has 0 saturated carbocycles. The number of pyridine rings is 1. The number of hydrogen-bond donors (Lipinski definition) is 0. The summed E-state index contributed by atoms with van der Waals surface area (Å²) in [6.45, 7) is 4.21. The maximum absolute atomic E-state index is 13.2. The Balaban J connectivity index is 1.47.